The second-order valence-electron chi connectivity index (χ2n) is 12.7. The molecule has 0 saturated heterocycles. The Morgan fingerprint density at radius 3 is 2.12 bits per heavy atom. The highest BCUT2D eigenvalue weighted by Crippen LogP contribution is 2.41. The second kappa shape index (κ2) is 12.9. The largest absolute Gasteiger partial charge is 0.309 e. The van der Waals surface area contributed by atoms with Gasteiger partial charge in [-0.3, -0.25) is 10.8 Å². The molecule has 0 bridgehead atoms. The van der Waals surface area contributed by atoms with Gasteiger partial charge in [-0.05, 0) is 70.3 Å². The molecule has 0 fully saturated rings. The molecule has 240 valence electrons. The van der Waals surface area contributed by atoms with E-state index in [1.165, 1.54) is 53.1 Å². The number of nitrogens with zero attached hydrogens (tertiary/aromatic N) is 3. The second-order valence-corrected chi connectivity index (χ2v) is 13.8. The Morgan fingerprint density at radius 1 is 0.580 bits per heavy atom. The standard InChI is InChI=1S/C45H34N4S/c46-48(30-31-13-4-1-5-14-31)45(34-18-8-3-9-19-34)47-29-32-15-12-20-36(25-32)49-41-24-23-35(33-16-6-2-7-17-33)26-38(41)39-28-44-40(27-42(39)49)37-21-10-11-22-43(37)50-44/h1-29,45H,30,46H2. The maximum atomic E-state index is 6.72. The van der Waals surface area contributed by atoms with Crippen LogP contribution in [0.15, 0.2) is 175 Å². The fourth-order valence-electron chi connectivity index (χ4n) is 7.10. The number of thiophene rings is 1. The summed E-state index contributed by atoms with van der Waals surface area (Å²) in [6.07, 6.45) is 1.61. The van der Waals surface area contributed by atoms with Gasteiger partial charge in [0.25, 0.3) is 0 Å². The average Bonchev–Trinajstić information content (AvgIpc) is 3.69. The van der Waals surface area contributed by atoms with Crippen LogP contribution in [0, 0.1) is 0 Å². The van der Waals surface area contributed by atoms with E-state index < -0.39 is 0 Å². The summed E-state index contributed by atoms with van der Waals surface area (Å²) in [5.41, 5.74) is 9.07. The Balaban J connectivity index is 1.18. The molecule has 0 spiro atoms. The fraction of sp³-hybridized carbons (Fsp3) is 0.0444. The molecule has 9 aromatic rings. The van der Waals surface area contributed by atoms with Gasteiger partial charge in [-0.2, -0.15) is 0 Å². The topological polar surface area (TPSA) is 46.5 Å². The van der Waals surface area contributed by atoms with Crippen LogP contribution < -0.4 is 5.84 Å². The van der Waals surface area contributed by atoms with Gasteiger partial charge in [0.05, 0.1) is 11.0 Å². The summed E-state index contributed by atoms with van der Waals surface area (Å²) in [4.78, 5) is 5.09. The molecule has 5 heteroatoms. The molecule has 0 amide bonds. The van der Waals surface area contributed by atoms with Gasteiger partial charge in [0.15, 0.2) is 0 Å². The first kappa shape index (κ1) is 30.2. The van der Waals surface area contributed by atoms with Gasteiger partial charge in [-0.15, -0.1) is 11.3 Å². The lowest BCUT2D eigenvalue weighted by atomic mass is 10.0. The quantitative estimate of drug-likeness (QED) is 0.1000. The minimum absolute atomic E-state index is 0.343. The number of nitrogens with two attached hydrogens (primary N) is 1. The van der Waals surface area contributed by atoms with E-state index in [9.17, 15) is 0 Å². The minimum Gasteiger partial charge on any atom is -0.309 e. The highest BCUT2D eigenvalue weighted by Gasteiger charge is 2.18. The van der Waals surface area contributed by atoms with E-state index in [2.05, 4.69) is 138 Å². The SMILES string of the molecule is NN(Cc1ccccc1)C(N=Cc1cccc(-n2c3ccc(-c4ccccc4)cc3c3cc4sc5ccccc5c4cc32)c1)c1ccccc1. The summed E-state index contributed by atoms with van der Waals surface area (Å²) in [6.45, 7) is 0.579. The average molecular weight is 663 g/mol. The van der Waals surface area contributed by atoms with Gasteiger partial charge in [0, 0.05) is 49.4 Å². The van der Waals surface area contributed by atoms with Crippen LogP contribution in [0.2, 0.25) is 0 Å². The molecule has 2 aromatic heterocycles. The van der Waals surface area contributed by atoms with Crippen molar-refractivity contribution in [3.8, 4) is 16.8 Å². The van der Waals surface area contributed by atoms with E-state index in [4.69, 9.17) is 10.8 Å². The van der Waals surface area contributed by atoms with Gasteiger partial charge in [0.2, 0.25) is 0 Å². The first-order valence-electron chi connectivity index (χ1n) is 16.9. The van der Waals surface area contributed by atoms with Crippen LogP contribution in [0.1, 0.15) is 22.9 Å². The first-order valence-corrected chi connectivity index (χ1v) is 17.7. The van der Waals surface area contributed by atoms with E-state index in [1.807, 2.05) is 53.9 Å². The molecule has 0 saturated carbocycles. The lowest BCUT2D eigenvalue weighted by Gasteiger charge is -2.24. The predicted octanol–water partition coefficient (Wildman–Crippen LogP) is 11.3. The zero-order valence-corrected chi connectivity index (χ0v) is 28.2. The Morgan fingerprint density at radius 2 is 1.30 bits per heavy atom. The normalized spacial score (nSPS) is 12.6. The third-order valence-electron chi connectivity index (χ3n) is 9.48. The van der Waals surface area contributed by atoms with Crippen LogP contribution in [-0.4, -0.2) is 15.8 Å². The minimum atomic E-state index is -0.343. The molecule has 2 heterocycles. The molecule has 0 aliphatic heterocycles. The van der Waals surface area contributed by atoms with E-state index in [-0.39, 0.29) is 6.17 Å². The van der Waals surface area contributed by atoms with Crippen LogP contribution in [0.25, 0.3) is 58.8 Å². The highest BCUT2D eigenvalue weighted by molar-refractivity contribution is 7.25. The maximum Gasteiger partial charge on any atom is 0.140 e. The van der Waals surface area contributed by atoms with Crippen molar-refractivity contribution in [2.24, 2.45) is 10.8 Å². The fourth-order valence-corrected chi connectivity index (χ4v) is 8.22. The summed E-state index contributed by atoms with van der Waals surface area (Å²) < 4.78 is 5.02. The van der Waals surface area contributed by atoms with Crippen molar-refractivity contribution in [1.82, 2.24) is 9.58 Å². The number of hydrogen-bond acceptors (Lipinski definition) is 4. The summed E-state index contributed by atoms with van der Waals surface area (Å²) in [5, 5.41) is 6.88. The number of benzene rings is 7. The predicted molar refractivity (Wildman–Crippen MR) is 212 cm³/mol. The molecular formula is C45H34N4S. The van der Waals surface area contributed by atoms with E-state index in [0.29, 0.717) is 6.54 Å². The molecule has 9 rings (SSSR count). The number of aliphatic imine (C=N–C) groups is 1. The zero-order chi connectivity index (χ0) is 33.4. The van der Waals surface area contributed by atoms with E-state index in [1.54, 1.807) is 5.01 Å². The van der Waals surface area contributed by atoms with Crippen molar-refractivity contribution in [3.63, 3.8) is 0 Å². The molecule has 2 N–H and O–H groups in total. The van der Waals surface area contributed by atoms with Gasteiger partial charge in [0.1, 0.15) is 6.17 Å². The summed E-state index contributed by atoms with van der Waals surface area (Å²) in [5.74, 6) is 6.72. The summed E-state index contributed by atoms with van der Waals surface area (Å²) in [6, 6.07) is 60.2. The van der Waals surface area contributed by atoms with E-state index in [0.717, 1.165) is 22.4 Å². The summed E-state index contributed by atoms with van der Waals surface area (Å²) in [7, 11) is 0. The maximum absolute atomic E-state index is 6.72. The van der Waals surface area contributed by atoms with Gasteiger partial charge in [-0.25, -0.2) is 5.01 Å². The van der Waals surface area contributed by atoms with Crippen LogP contribution in [0.4, 0.5) is 0 Å². The van der Waals surface area contributed by atoms with Crippen molar-refractivity contribution in [1.29, 1.82) is 0 Å². The summed E-state index contributed by atoms with van der Waals surface area (Å²) >= 11 is 1.86. The monoisotopic (exact) mass is 662 g/mol. The Bertz CT molecular complexity index is 2640. The van der Waals surface area contributed by atoms with Crippen LogP contribution in [0.3, 0.4) is 0 Å². The molecule has 0 radical (unpaired) electrons. The highest BCUT2D eigenvalue weighted by atomic mass is 32.1. The molecule has 1 unspecified atom stereocenters. The molecule has 50 heavy (non-hydrogen) atoms. The van der Waals surface area contributed by atoms with E-state index >= 15 is 0 Å². The lowest BCUT2D eigenvalue weighted by molar-refractivity contribution is 0.199. The van der Waals surface area contributed by atoms with Crippen molar-refractivity contribution in [2.75, 3.05) is 0 Å². The number of rotatable bonds is 8. The zero-order valence-electron chi connectivity index (χ0n) is 27.4. The van der Waals surface area contributed by atoms with Gasteiger partial charge < -0.3 is 4.57 Å². The molecule has 4 nitrogen and oxygen atoms in total. The van der Waals surface area contributed by atoms with Gasteiger partial charge >= 0.3 is 0 Å². The number of aromatic nitrogens is 1. The van der Waals surface area contributed by atoms with Crippen molar-refractivity contribution >= 4 is 59.5 Å². The van der Waals surface area contributed by atoms with Crippen LogP contribution >= 0.6 is 11.3 Å². The van der Waals surface area contributed by atoms with Crippen LogP contribution in [-0.2, 0) is 6.54 Å². The number of hydrogen-bond donors (Lipinski definition) is 1. The first-order chi connectivity index (χ1) is 24.7. The Hall–Kier alpha value is -5.85. The van der Waals surface area contributed by atoms with Crippen molar-refractivity contribution < 1.29 is 0 Å². The smallest absolute Gasteiger partial charge is 0.140 e. The molecule has 0 aliphatic rings. The Kier molecular flexibility index (Phi) is 7.79. The lowest BCUT2D eigenvalue weighted by Crippen LogP contribution is -2.34. The third-order valence-corrected chi connectivity index (χ3v) is 10.6. The van der Waals surface area contributed by atoms with Gasteiger partial charge in [-0.1, -0.05) is 127 Å². The number of fused-ring (bicyclic) bond motifs is 6. The molecule has 1 atom stereocenters. The Labute approximate surface area is 295 Å². The molecular weight excluding hydrogens is 629 g/mol. The molecule has 7 aromatic carbocycles. The van der Waals surface area contributed by atoms with Crippen molar-refractivity contribution in [3.05, 3.63) is 187 Å². The van der Waals surface area contributed by atoms with Crippen molar-refractivity contribution in [2.45, 2.75) is 12.7 Å². The molecule has 0 aliphatic carbocycles. The van der Waals surface area contributed by atoms with Crippen LogP contribution in [0.5, 0.6) is 0 Å². The third kappa shape index (κ3) is 5.57. The number of hydrazine groups is 1.